The summed E-state index contributed by atoms with van der Waals surface area (Å²) >= 11 is 0. The highest BCUT2D eigenvalue weighted by molar-refractivity contribution is 5.96. The number of aldehydes is 1. The van der Waals surface area contributed by atoms with Gasteiger partial charge in [-0.05, 0) is 6.92 Å². The molecular formula is C10H16N2O6. The predicted molar refractivity (Wildman–Crippen MR) is 59.8 cm³/mol. The molecule has 8 nitrogen and oxygen atoms in total. The van der Waals surface area contributed by atoms with Crippen LogP contribution in [0, 0.1) is 0 Å². The molecular weight excluding hydrogens is 244 g/mol. The SMILES string of the molecule is C[C@@H](NCC(=O)CC(=O)O)C(=O)N[C@@H](C=O)CO. The number of rotatable bonds is 9. The molecule has 0 saturated carbocycles. The van der Waals surface area contributed by atoms with Gasteiger partial charge in [0.15, 0.2) is 5.78 Å². The van der Waals surface area contributed by atoms with E-state index in [0.29, 0.717) is 6.29 Å². The zero-order valence-corrected chi connectivity index (χ0v) is 9.88. The topological polar surface area (TPSA) is 133 Å². The lowest BCUT2D eigenvalue weighted by atomic mass is 10.2. The number of carboxylic acids is 1. The molecule has 0 fully saturated rings. The van der Waals surface area contributed by atoms with Gasteiger partial charge in [0, 0.05) is 0 Å². The Bertz CT molecular complexity index is 330. The van der Waals surface area contributed by atoms with Gasteiger partial charge in [0.25, 0.3) is 0 Å². The van der Waals surface area contributed by atoms with Crippen molar-refractivity contribution < 1.29 is 29.4 Å². The van der Waals surface area contributed by atoms with Gasteiger partial charge in [-0.1, -0.05) is 0 Å². The fourth-order valence-corrected chi connectivity index (χ4v) is 1.02. The number of amides is 1. The quantitative estimate of drug-likeness (QED) is 0.270. The molecule has 8 heteroatoms. The average Bonchev–Trinajstić information content (AvgIpc) is 2.31. The number of ketones is 1. The van der Waals surface area contributed by atoms with Crippen LogP contribution in [0.25, 0.3) is 0 Å². The highest BCUT2D eigenvalue weighted by Crippen LogP contribution is 1.87. The maximum Gasteiger partial charge on any atom is 0.310 e. The van der Waals surface area contributed by atoms with Gasteiger partial charge in [0.2, 0.25) is 5.91 Å². The Hall–Kier alpha value is -1.80. The van der Waals surface area contributed by atoms with Gasteiger partial charge in [-0.3, -0.25) is 19.7 Å². The molecule has 0 radical (unpaired) electrons. The molecule has 0 aliphatic rings. The predicted octanol–water partition coefficient (Wildman–Crippen LogP) is -2.32. The molecule has 0 heterocycles. The maximum absolute atomic E-state index is 11.4. The first-order valence-corrected chi connectivity index (χ1v) is 5.24. The smallest absolute Gasteiger partial charge is 0.310 e. The normalized spacial score (nSPS) is 13.4. The van der Waals surface area contributed by atoms with Crippen LogP contribution in [-0.2, 0) is 19.2 Å². The second kappa shape index (κ2) is 8.31. The minimum atomic E-state index is -1.24. The molecule has 0 unspecified atom stereocenters. The number of aliphatic hydroxyl groups excluding tert-OH is 1. The van der Waals surface area contributed by atoms with E-state index in [1.807, 2.05) is 0 Å². The van der Waals surface area contributed by atoms with Crippen molar-refractivity contribution in [1.82, 2.24) is 10.6 Å². The molecule has 102 valence electrons. The Morgan fingerprint density at radius 1 is 1.33 bits per heavy atom. The molecule has 18 heavy (non-hydrogen) atoms. The highest BCUT2D eigenvalue weighted by atomic mass is 16.4. The lowest BCUT2D eigenvalue weighted by Crippen LogP contribution is -2.49. The Kier molecular flexibility index (Phi) is 7.48. The van der Waals surface area contributed by atoms with Crippen molar-refractivity contribution in [2.24, 2.45) is 0 Å². The molecule has 0 aliphatic carbocycles. The molecule has 0 aromatic rings. The van der Waals surface area contributed by atoms with E-state index < -0.39 is 42.8 Å². The van der Waals surface area contributed by atoms with Gasteiger partial charge in [-0.15, -0.1) is 0 Å². The first-order chi connectivity index (χ1) is 8.40. The number of carbonyl (C=O) groups excluding carboxylic acids is 3. The number of aliphatic hydroxyl groups is 1. The van der Waals surface area contributed by atoms with E-state index in [2.05, 4.69) is 10.6 Å². The molecule has 0 bridgehead atoms. The summed E-state index contributed by atoms with van der Waals surface area (Å²) in [6.07, 6.45) is -0.227. The van der Waals surface area contributed by atoms with Crippen LogP contribution in [0.15, 0.2) is 0 Å². The first-order valence-electron chi connectivity index (χ1n) is 5.24. The lowest BCUT2D eigenvalue weighted by Gasteiger charge is -2.15. The molecule has 1 amide bonds. The zero-order chi connectivity index (χ0) is 14.1. The van der Waals surface area contributed by atoms with Crippen LogP contribution in [0.1, 0.15) is 13.3 Å². The van der Waals surface area contributed by atoms with Crippen LogP contribution in [0.2, 0.25) is 0 Å². The van der Waals surface area contributed by atoms with Crippen LogP contribution < -0.4 is 10.6 Å². The van der Waals surface area contributed by atoms with Gasteiger partial charge in [-0.25, -0.2) is 0 Å². The van der Waals surface area contributed by atoms with Gasteiger partial charge < -0.3 is 20.3 Å². The largest absolute Gasteiger partial charge is 0.481 e. The molecule has 0 rings (SSSR count). The van der Waals surface area contributed by atoms with Crippen molar-refractivity contribution in [3.05, 3.63) is 0 Å². The van der Waals surface area contributed by atoms with Crippen LogP contribution >= 0.6 is 0 Å². The third-order valence-corrected chi connectivity index (χ3v) is 2.04. The molecule has 2 atom stereocenters. The summed E-state index contributed by atoms with van der Waals surface area (Å²) in [7, 11) is 0. The number of Topliss-reactive ketones (excluding diaryl/α,β-unsaturated/α-hetero) is 1. The summed E-state index contributed by atoms with van der Waals surface area (Å²) in [6, 6.07) is -1.77. The summed E-state index contributed by atoms with van der Waals surface area (Å²) in [5, 5.41) is 21.8. The monoisotopic (exact) mass is 260 g/mol. The van der Waals surface area contributed by atoms with E-state index >= 15 is 0 Å². The van der Waals surface area contributed by atoms with E-state index in [0.717, 1.165) is 0 Å². The minimum absolute atomic E-state index is 0.258. The maximum atomic E-state index is 11.4. The molecule has 0 saturated heterocycles. The Labute approximate surface area is 103 Å². The van der Waals surface area contributed by atoms with Crippen molar-refractivity contribution in [2.75, 3.05) is 13.2 Å². The Morgan fingerprint density at radius 2 is 1.94 bits per heavy atom. The van der Waals surface area contributed by atoms with Gasteiger partial charge in [-0.2, -0.15) is 0 Å². The third kappa shape index (κ3) is 6.71. The van der Waals surface area contributed by atoms with E-state index in [1.165, 1.54) is 6.92 Å². The van der Waals surface area contributed by atoms with Crippen LogP contribution in [0.4, 0.5) is 0 Å². The molecule has 4 N–H and O–H groups in total. The Morgan fingerprint density at radius 3 is 2.39 bits per heavy atom. The molecule has 0 aromatic heterocycles. The summed E-state index contributed by atoms with van der Waals surface area (Å²) in [6.45, 7) is 0.675. The summed E-state index contributed by atoms with van der Waals surface area (Å²) < 4.78 is 0. The summed E-state index contributed by atoms with van der Waals surface area (Å²) in [4.78, 5) is 43.1. The second-order valence-corrected chi connectivity index (χ2v) is 3.65. The third-order valence-electron chi connectivity index (χ3n) is 2.04. The minimum Gasteiger partial charge on any atom is -0.481 e. The Balaban J connectivity index is 4.04. The van der Waals surface area contributed by atoms with E-state index in [-0.39, 0.29) is 6.54 Å². The standard InChI is InChI=1S/C10H16N2O6/c1-6(10(18)12-7(4-13)5-14)11-3-8(15)2-9(16)17/h4,6-7,11,14H,2-3,5H2,1H3,(H,12,18)(H,16,17)/t6-,7+/m1/s1. The number of carbonyl (C=O) groups is 4. The number of hydrogen-bond acceptors (Lipinski definition) is 6. The number of aliphatic carboxylic acids is 1. The highest BCUT2D eigenvalue weighted by Gasteiger charge is 2.17. The van der Waals surface area contributed by atoms with Gasteiger partial charge in [0.05, 0.1) is 19.2 Å². The fraction of sp³-hybridized carbons (Fsp3) is 0.600. The second-order valence-electron chi connectivity index (χ2n) is 3.65. The number of carboxylic acid groups (broad SMARTS) is 1. The van der Waals surface area contributed by atoms with Crippen molar-refractivity contribution in [3.63, 3.8) is 0 Å². The van der Waals surface area contributed by atoms with Crippen molar-refractivity contribution in [3.8, 4) is 0 Å². The van der Waals surface area contributed by atoms with Crippen molar-refractivity contribution >= 4 is 23.9 Å². The van der Waals surface area contributed by atoms with Gasteiger partial charge in [0.1, 0.15) is 18.7 Å². The van der Waals surface area contributed by atoms with E-state index in [1.54, 1.807) is 0 Å². The molecule has 0 aromatic carbocycles. The molecule has 0 aliphatic heterocycles. The number of hydrogen-bond donors (Lipinski definition) is 4. The van der Waals surface area contributed by atoms with Crippen molar-refractivity contribution in [2.45, 2.75) is 25.4 Å². The van der Waals surface area contributed by atoms with E-state index in [9.17, 15) is 19.2 Å². The summed E-state index contributed by atoms with van der Waals surface area (Å²) in [5.74, 6) is -2.36. The van der Waals surface area contributed by atoms with Gasteiger partial charge >= 0.3 is 5.97 Å². The zero-order valence-electron chi connectivity index (χ0n) is 9.88. The first kappa shape index (κ1) is 16.2. The summed E-state index contributed by atoms with van der Waals surface area (Å²) in [5.41, 5.74) is 0. The average molecular weight is 260 g/mol. The van der Waals surface area contributed by atoms with Crippen LogP contribution in [0.3, 0.4) is 0 Å². The van der Waals surface area contributed by atoms with E-state index in [4.69, 9.17) is 10.2 Å². The fourth-order valence-electron chi connectivity index (χ4n) is 1.02. The lowest BCUT2D eigenvalue weighted by molar-refractivity contribution is -0.140. The molecule has 0 spiro atoms. The van der Waals surface area contributed by atoms with Crippen LogP contribution in [-0.4, -0.2) is 59.4 Å². The van der Waals surface area contributed by atoms with Crippen molar-refractivity contribution in [1.29, 1.82) is 0 Å². The number of nitrogens with one attached hydrogen (secondary N) is 2. The van der Waals surface area contributed by atoms with Crippen LogP contribution in [0.5, 0.6) is 0 Å².